The van der Waals surface area contributed by atoms with Crippen LogP contribution < -0.4 is 5.32 Å². The molecule has 2 aromatic rings. The molecule has 92 valence electrons. The van der Waals surface area contributed by atoms with E-state index in [4.69, 9.17) is 11.6 Å². The van der Waals surface area contributed by atoms with E-state index in [1.165, 1.54) is 18.2 Å². The lowest BCUT2D eigenvalue weighted by Crippen LogP contribution is -2.14. The van der Waals surface area contributed by atoms with Crippen LogP contribution in [-0.2, 0) is 0 Å². The molecule has 18 heavy (non-hydrogen) atoms. The van der Waals surface area contributed by atoms with Crippen LogP contribution in [0.5, 0.6) is 0 Å². The largest absolute Gasteiger partial charge is 0.313 e. The Hall–Kier alpha value is -2.48. The van der Waals surface area contributed by atoms with Gasteiger partial charge < -0.3 is 5.32 Å². The number of nitro groups is 1. The van der Waals surface area contributed by atoms with Gasteiger partial charge in [0.05, 0.1) is 4.92 Å². The zero-order valence-electron chi connectivity index (χ0n) is 8.75. The van der Waals surface area contributed by atoms with Crippen molar-refractivity contribution in [2.24, 2.45) is 0 Å². The summed E-state index contributed by atoms with van der Waals surface area (Å²) < 4.78 is 0. The second-order valence-corrected chi connectivity index (χ2v) is 3.64. The van der Waals surface area contributed by atoms with Gasteiger partial charge in [-0.2, -0.15) is 5.10 Å². The molecule has 0 saturated carbocycles. The van der Waals surface area contributed by atoms with E-state index in [0.717, 1.165) is 6.33 Å². The maximum absolute atomic E-state index is 11.7. The number of benzene rings is 1. The third-order valence-electron chi connectivity index (χ3n) is 2.03. The Labute approximate surface area is 105 Å². The van der Waals surface area contributed by atoms with E-state index in [0.29, 0.717) is 0 Å². The molecule has 2 rings (SSSR count). The Morgan fingerprint density at radius 3 is 2.89 bits per heavy atom. The van der Waals surface area contributed by atoms with E-state index in [2.05, 4.69) is 20.5 Å². The Bertz CT molecular complexity index is 598. The van der Waals surface area contributed by atoms with Crippen molar-refractivity contribution in [3.8, 4) is 0 Å². The summed E-state index contributed by atoms with van der Waals surface area (Å²) in [5.41, 5.74) is -0.263. The lowest BCUT2D eigenvalue weighted by atomic mass is 10.2. The molecule has 0 bridgehead atoms. The maximum Gasteiger partial charge on any atom is 0.293 e. The number of rotatable bonds is 3. The number of aromatic nitrogens is 3. The molecular weight excluding hydrogens is 262 g/mol. The molecule has 0 radical (unpaired) electrons. The Balaban J connectivity index is 2.31. The quantitative estimate of drug-likeness (QED) is 0.648. The molecule has 2 N–H and O–H groups in total. The molecule has 1 aromatic carbocycles. The Morgan fingerprint density at radius 1 is 1.50 bits per heavy atom. The van der Waals surface area contributed by atoms with Crippen LogP contribution in [0.3, 0.4) is 0 Å². The summed E-state index contributed by atoms with van der Waals surface area (Å²) in [6.45, 7) is 0. The highest BCUT2D eigenvalue weighted by Gasteiger charge is 2.18. The fourth-order valence-corrected chi connectivity index (χ4v) is 1.44. The average molecular weight is 268 g/mol. The average Bonchev–Trinajstić information content (AvgIpc) is 2.81. The van der Waals surface area contributed by atoms with Crippen LogP contribution in [0.4, 0.5) is 11.4 Å². The van der Waals surface area contributed by atoms with E-state index >= 15 is 0 Å². The molecule has 8 nitrogen and oxygen atoms in total. The highest BCUT2D eigenvalue weighted by Crippen LogP contribution is 2.27. The predicted octanol–water partition coefficient (Wildman–Crippen LogP) is 1.62. The van der Waals surface area contributed by atoms with Crippen molar-refractivity contribution in [2.45, 2.75) is 0 Å². The third-order valence-corrected chi connectivity index (χ3v) is 2.27. The maximum atomic E-state index is 11.7. The van der Waals surface area contributed by atoms with Crippen molar-refractivity contribution in [3.05, 3.63) is 45.5 Å². The van der Waals surface area contributed by atoms with Gasteiger partial charge in [-0.3, -0.25) is 20.0 Å². The number of nitrogens with one attached hydrogen (secondary N) is 2. The number of aromatic amines is 1. The van der Waals surface area contributed by atoms with Crippen LogP contribution in [0.25, 0.3) is 0 Å². The smallest absolute Gasteiger partial charge is 0.293 e. The minimum atomic E-state index is -0.641. The third kappa shape index (κ3) is 2.43. The molecule has 1 aromatic heterocycles. The molecule has 0 atom stereocenters. The number of amides is 1. The fourth-order valence-electron chi connectivity index (χ4n) is 1.26. The second-order valence-electron chi connectivity index (χ2n) is 3.21. The van der Waals surface area contributed by atoms with E-state index in [9.17, 15) is 14.9 Å². The topological polar surface area (TPSA) is 114 Å². The van der Waals surface area contributed by atoms with Crippen LogP contribution in [0.2, 0.25) is 5.02 Å². The first-order chi connectivity index (χ1) is 8.58. The highest BCUT2D eigenvalue weighted by atomic mass is 35.5. The van der Waals surface area contributed by atoms with Gasteiger partial charge in [-0.15, -0.1) is 0 Å². The van der Waals surface area contributed by atoms with E-state index in [1.807, 2.05) is 0 Å². The van der Waals surface area contributed by atoms with Crippen molar-refractivity contribution in [3.63, 3.8) is 0 Å². The van der Waals surface area contributed by atoms with Gasteiger partial charge >= 0.3 is 0 Å². The number of hydrogen-bond donors (Lipinski definition) is 2. The molecule has 0 saturated heterocycles. The monoisotopic (exact) mass is 267 g/mol. The van der Waals surface area contributed by atoms with Gasteiger partial charge in [0, 0.05) is 11.1 Å². The number of nitro benzene ring substituents is 1. The van der Waals surface area contributed by atoms with E-state index < -0.39 is 10.8 Å². The van der Waals surface area contributed by atoms with Gasteiger partial charge in [0.15, 0.2) is 0 Å². The zero-order chi connectivity index (χ0) is 13.1. The lowest BCUT2D eigenvalue weighted by molar-refractivity contribution is -0.383. The van der Waals surface area contributed by atoms with Crippen LogP contribution in [0.15, 0.2) is 24.5 Å². The van der Waals surface area contributed by atoms with E-state index in [-0.39, 0.29) is 22.2 Å². The second kappa shape index (κ2) is 4.80. The van der Waals surface area contributed by atoms with Crippen LogP contribution in [0, 0.1) is 10.1 Å². The molecule has 0 spiro atoms. The predicted molar refractivity (Wildman–Crippen MR) is 62.4 cm³/mol. The zero-order valence-corrected chi connectivity index (χ0v) is 9.51. The molecule has 0 aliphatic heterocycles. The van der Waals surface area contributed by atoms with Crippen LogP contribution in [0.1, 0.15) is 10.6 Å². The number of halogens is 1. The van der Waals surface area contributed by atoms with Gasteiger partial charge in [0.25, 0.3) is 11.6 Å². The van der Waals surface area contributed by atoms with Crippen molar-refractivity contribution >= 4 is 28.9 Å². The van der Waals surface area contributed by atoms with Gasteiger partial charge in [-0.05, 0) is 12.1 Å². The minimum Gasteiger partial charge on any atom is -0.313 e. The first kappa shape index (κ1) is 12.0. The molecule has 1 amide bonds. The van der Waals surface area contributed by atoms with Crippen molar-refractivity contribution < 1.29 is 9.72 Å². The number of H-pyrrole nitrogens is 1. The van der Waals surface area contributed by atoms with Crippen molar-refractivity contribution in [1.82, 2.24) is 15.2 Å². The summed E-state index contributed by atoms with van der Waals surface area (Å²) >= 11 is 5.72. The molecule has 0 aliphatic rings. The normalized spacial score (nSPS) is 10.1. The molecule has 1 heterocycles. The van der Waals surface area contributed by atoms with Gasteiger partial charge in [-0.1, -0.05) is 11.6 Å². The molecule has 0 fully saturated rings. The SMILES string of the molecule is O=C(Nc1cc(Cl)ccc1[N+](=O)[O-])c1ncn[nH]1. The Kier molecular flexibility index (Phi) is 3.20. The minimum absolute atomic E-state index is 0.00565. The summed E-state index contributed by atoms with van der Waals surface area (Å²) in [7, 11) is 0. The summed E-state index contributed by atoms with van der Waals surface area (Å²) in [6.07, 6.45) is 1.15. The van der Waals surface area contributed by atoms with Gasteiger partial charge in [0.1, 0.15) is 12.0 Å². The fraction of sp³-hybridized carbons (Fsp3) is 0. The Morgan fingerprint density at radius 2 is 2.28 bits per heavy atom. The highest BCUT2D eigenvalue weighted by molar-refractivity contribution is 6.31. The molecule has 0 unspecified atom stereocenters. The molecule has 9 heteroatoms. The van der Waals surface area contributed by atoms with Crippen molar-refractivity contribution in [1.29, 1.82) is 0 Å². The first-order valence-electron chi connectivity index (χ1n) is 4.68. The van der Waals surface area contributed by atoms with Gasteiger partial charge in [-0.25, -0.2) is 4.98 Å². The standard InChI is InChI=1S/C9H6ClN5O3/c10-5-1-2-7(15(17)18)6(3-5)13-9(16)8-11-4-12-14-8/h1-4H,(H,13,16)(H,11,12,14). The number of hydrogen-bond acceptors (Lipinski definition) is 5. The van der Waals surface area contributed by atoms with Gasteiger partial charge in [0.2, 0.25) is 5.82 Å². The van der Waals surface area contributed by atoms with Crippen molar-refractivity contribution in [2.75, 3.05) is 5.32 Å². The number of carbonyl (C=O) groups is 1. The summed E-state index contributed by atoms with van der Waals surface area (Å²) in [5.74, 6) is -0.692. The summed E-state index contributed by atoms with van der Waals surface area (Å²) in [5, 5.41) is 19.2. The first-order valence-corrected chi connectivity index (χ1v) is 5.06. The van der Waals surface area contributed by atoms with Crippen LogP contribution >= 0.6 is 11.6 Å². The summed E-state index contributed by atoms with van der Waals surface area (Å²) in [6, 6.07) is 3.86. The summed E-state index contributed by atoms with van der Waals surface area (Å²) in [4.78, 5) is 25.4. The van der Waals surface area contributed by atoms with Crippen LogP contribution in [-0.4, -0.2) is 26.0 Å². The lowest BCUT2D eigenvalue weighted by Gasteiger charge is -2.04. The van der Waals surface area contributed by atoms with E-state index in [1.54, 1.807) is 0 Å². The number of anilines is 1. The number of carbonyl (C=O) groups excluding carboxylic acids is 1. The molecular formula is C9H6ClN5O3. The number of nitrogens with zero attached hydrogens (tertiary/aromatic N) is 3. The molecule has 0 aliphatic carbocycles.